The van der Waals surface area contributed by atoms with Gasteiger partial charge in [0.15, 0.2) is 9.84 Å². The summed E-state index contributed by atoms with van der Waals surface area (Å²) in [7, 11) is -3.34. The number of amides is 1. The first-order valence-electron chi connectivity index (χ1n) is 8.31. The van der Waals surface area contributed by atoms with Crippen LogP contribution < -0.4 is 5.32 Å². The number of benzene rings is 3. The predicted molar refractivity (Wildman–Crippen MR) is 110 cm³/mol. The summed E-state index contributed by atoms with van der Waals surface area (Å²) in [6.07, 6.45) is 1.14. The second-order valence-electron chi connectivity index (χ2n) is 6.01. The molecular formula is C21H19NO3S2. The zero-order valence-electron chi connectivity index (χ0n) is 14.7. The average Bonchev–Trinajstić information content (AvgIpc) is 2.67. The quantitative estimate of drug-likeness (QED) is 0.619. The van der Waals surface area contributed by atoms with Crippen LogP contribution in [0.4, 0.5) is 5.69 Å². The highest BCUT2D eigenvalue weighted by Crippen LogP contribution is 2.36. The van der Waals surface area contributed by atoms with Crippen molar-refractivity contribution >= 4 is 33.2 Å². The first kappa shape index (κ1) is 19.2. The minimum atomic E-state index is -3.34. The van der Waals surface area contributed by atoms with Gasteiger partial charge in [-0.3, -0.25) is 4.79 Å². The Morgan fingerprint density at radius 1 is 0.889 bits per heavy atom. The van der Waals surface area contributed by atoms with Crippen molar-refractivity contribution in [1.29, 1.82) is 0 Å². The molecule has 0 aliphatic rings. The van der Waals surface area contributed by atoms with E-state index >= 15 is 0 Å². The molecule has 0 aliphatic heterocycles. The third kappa shape index (κ3) is 5.21. The van der Waals surface area contributed by atoms with E-state index in [0.717, 1.165) is 16.7 Å². The molecule has 1 amide bonds. The molecule has 0 radical (unpaired) electrons. The number of hydrogen-bond donors (Lipinski definition) is 1. The Labute approximate surface area is 163 Å². The number of sulfone groups is 1. The smallest absolute Gasteiger partial charge is 0.242 e. The highest BCUT2D eigenvalue weighted by Gasteiger charge is 2.22. The Bertz CT molecular complexity index is 1020. The molecule has 0 saturated heterocycles. The molecule has 138 valence electrons. The highest BCUT2D eigenvalue weighted by molar-refractivity contribution is 8.00. The first-order valence-corrected chi connectivity index (χ1v) is 11.1. The number of carbonyl (C=O) groups excluding carboxylic acids is 1. The zero-order chi connectivity index (χ0) is 19.3. The summed E-state index contributed by atoms with van der Waals surface area (Å²) in [6.45, 7) is 0. The van der Waals surface area contributed by atoms with E-state index in [1.54, 1.807) is 12.1 Å². The normalized spacial score (nSPS) is 12.3. The monoisotopic (exact) mass is 397 g/mol. The summed E-state index contributed by atoms with van der Waals surface area (Å²) in [6, 6.07) is 25.5. The predicted octanol–water partition coefficient (Wildman–Crippen LogP) is 4.56. The first-order chi connectivity index (χ1) is 12.9. The van der Waals surface area contributed by atoms with E-state index in [1.807, 2.05) is 60.7 Å². The van der Waals surface area contributed by atoms with Gasteiger partial charge < -0.3 is 5.32 Å². The standard InChI is InChI=1S/C21H19NO3S2/c1-27(24,25)19-14-8-11-17(15-19)22-21(23)20(16-9-4-2-5-10-16)26-18-12-6-3-7-13-18/h2-15,20H,1H3,(H,22,23). The molecule has 27 heavy (non-hydrogen) atoms. The molecule has 1 unspecified atom stereocenters. The molecular weight excluding hydrogens is 378 g/mol. The lowest BCUT2D eigenvalue weighted by Crippen LogP contribution is -2.19. The Morgan fingerprint density at radius 3 is 2.15 bits per heavy atom. The average molecular weight is 398 g/mol. The summed E-state index contributed by atoms with van der Waals surface area (Å²) < 4.78 is 23.5. The zero-order valence-corrected chi connectivity index (χ0v) is 16.3. The number of hydrogen-bond acceptors (Lipinski definition) is 4. The van der Waals surface area contributed by atoms with Gasteiger partial charge in [-0.05, 0) is 35.9 Å². The molecule has 3 rings (SSSR count). The molecule has 0 heterocycles. The van der Waals surface area contributed by atoms with Crippen molar-refractivity contribution in [3.8, 4) is 0 Å². The van der Waals surface area contributed by atoms with Gasteiger partial charge in [0.25, 0.3) is 0 Å². The van der Waals surface area contributed by atoms with Crippen LogP contribution in [-0.2, 0) is 14.6 Å². The molecule has 1 atom stereocenters. The van der Waals surface area contributed by atoms with E-state index in [1.165, 1.54) is 23.9 Å². The maximum absolute atomic E-state index is 13.0. The van der Waals surface area contributed by atoms with Gasteiger partial charge in [-0.1, -0.05) is 54.6 Å². The van der Waals surface area contributed by atoms with E-state index in [4.69, 9.17) is 0 Å². The summed E-state index contributed by atoms with van der Waals surface area (Å²) in [4.78, 5) is 14.1. The summed E-state index contributed by atoms with van der Waals surface area (Å²) in [5.74, 6) is -0.208. The molecule has 0 aliphatic carbocycles. The van der Waals surface area contributed by atoms with Crippen LogP contribution in [0.3, 0.4) is 0 Å². The summed E-state index contributed by atoms with van der Waals surface area (Å²) in [5, 5.41) is 2.39. The second-order valence-corrected chi connectivity index (χ2v) is 9.21. The largest absolute Gasteiger partial charge is 0.325 e. The Balaban J connectivity index is 1.87. The van der Waals surface area contributed by atoms with Gasteiger partial charge in [0.05, 0.1) is 4.90 Å². The Morgan fingerprint density at radius 2 is 1.52 bits per heavy atom. The van der Waals surface area contributed by atoms with Gasteiger partial charge in [0.1, 0.15) is 5.25 Å². The lowest BCUT2D eigenvalue weighted by Gasteiger charge is -2.17. The molecule has 3 aromatic rings. The molecule has 1 N–H and O–H groups in total. The van der Waals surface area contributed by atoms with Crippen LogP contribution in [0, 0.1) is 0 Å². The third-order valence-corrected chi connectivity index (χ3v) is 6.24. The van der Waals surface area contributed by atoms with E-state index in [9.17, 15) is 13.2 Å². The fourth-order valence-corrected chi connectivity index (χ4v) is 4.26. The number of nitrogens with one attached hydrogen (secondary N) is 1. The van der Waals surface area contributed by atoms with Crippen molar-refractivity contribution < 1.29 is 13.2 Å². The fraction of sp³-hybridized carbons (Fsp3) is 0.0952. The van der Waals surface area contributed by atoms with E-state index in [-0.39, 0.29) is 10.8 Å². The number of anilines is 1. The van der Waals surface area contributed by atoms with Gasteiger partial charge in [-0.15, -0.1) is 11.8 Å². The molecule has 0 bridgehead atoms. The van der Waals surface area contributed by atoms with Crippen molar-refractivity contribution in [3.05, 3.63) is 90.5 Å². The van der Waals surface area contributed by atoms with Crippen LogP contribution in [0.15, 0.2) is 94.7 Å². The van der Waals surface area contributed by atoms with Gasteiger partial charge in [0.2, 0.25) is 5.91 Å². The number of carbonyl (C=O) groups is 1. The van der Waals surface area contributed by atoms with Crippen LogP contribution in [0.5, 0.6) is 0 Å². The third-order valence-electron chi connectivity index (χ3n) is 3.87. The van der Waals surface area contributed by atoms with E-state index < -0.39 is 15.1 Å². The van der Waals surface area contributed by atoms with Gasteiger partial charge in [-0.25, -0.2) is 8.42 Å². The maximum atomic E-state index is 13.0. The van der Waals surface area contributed by atoms with E-state index in [0.29, 0.717) is 5.69 Å². The Kier molecular flexibility index (Phi) is 5.98. The van der Waals surface area contributed by atoms with Crippen LogP contribution >= 0.6 is 11.8 Å². The van der Waals surface area contributed by atoms with Crippen LogP contribution in [0.1, 0.15) is 10.8 Å². The van der Waals surface area contributed by atoms with E-state index in [2.05, 4.69) is 5.32 Å². The lowest BCUT2D eigenvalue weighted by atomic mass is 10.1. The number of rotatable bonds is 6. The SMILES string of the molecule is CS(=O)(=O)c1cccc(NC(=O)C(Sc2ccccc2)c2ccccc2)c1. The second kappa shape index (κ2) is 8.41. The summed E-state index contributed by atoms with van der Waals surface area (Å²) in [5.41, 5.74) is 1.33. The molecule has 0 saturated carbocycles. The minimum Gasteiger partial charge on any atom is -0.325 e. The summed E-state index contributed by atoms with van der Waals surface area (Å²) >= 11 is 1.45. The highest BCUT2D eigenvalue weighted by atomic mass is 32.2. The molecule has 0 spiro atoms. The molecule has 3 aromatic carbocycles. The van der Waals surface area contributed by atoms with Crippen molar-refractivity contribution in [1.82, 2.24) is 0 Å². The lowest BCUT2D eigenvalue weighted by molar-refractivity contribution is -0.115. The molecule has 0 aromatic heterocycles. The van der Waals surface area contributed by atoms with Crippen molar-refractivity contribution in [2.75, 3.05) is 11.6 Å². The number of thioether (sulfide) groups is 1. The van der Waals surface area contributed by atoms with Gasteiger partial charge >= 0.3 is 0 Å². The van der Waals surface area contributed by atoms with Crippen molar-refractivity contribution in [2.24, 2.45) is 0 Å². The van der Waals surface area contributed by atoms with Crippen LogP contribution in [-0.4, -0.2) is 20.6 Å². The molecule has 4 nitrogen and oxygen atoms in total. The topological polar surface area (TPSA) is 63.2 Å². The molecule has 0 fully saturated rings. The minimum absolute atomic E-state index is 0.173. The van der Waals surface area contributed by atoms with Gasteiger partial charge in [0, 0.05) is 16.8 Å². The van der Waals surface area contributed by atoms with Gasteiger partial charge in [-0.2, -0.15) is 0 Å². The van der Waals surface area contributed by atoms with Crippen molar-refractivity contribution in [2.45, 2.75) is 15.0 Å². The van der Waals surface area contributed by atoms with Crippen molar-refractivity contribution in [3.63, 3.8) is 0 Å². The fourth-order valence-electron chi connectivity index (χ4n) is 2.55. The Hall–Kier alpha value is -2.57. The maximum Gasteiger partial charge on any atom is 0.242 e. The van der Waals surface area contributed by atoms with Crippen LogP contribution in [0.2, 0.25) is 0 Å². The van der Waals surface area contributed by atoms with Crippen LogP contribution in [0.25, 0.3) is 0 Å². The molecule has 6 heteroatoms.